The maximum Gasteiger partial charge on any atom is 0.416 e. The quantitative estimate of drug-likeness (QED) is 0.698. The summed E-state index contributed by atoms with van der Waals surface area (Å²) in [5.74, 6) is 0. The summed E-state index contributed by atoms with van der Waals surface area (Å²) in [6.07, 6.45) is -2.93. The second kappa shape index (κ2) is 3.32. The Labute approximate surface area is 78.8 Å². The Hall–Kier alpha value is -1.52. The average molecular weight is 202 g/mol. The van der Waals surface area contributed by atoms with E-state index in [1.165, 1.54) is 12.4 Å². The molecule has 76 valence electrons. The molecule has 2 aromatic rings. The first kappa shape index (κ1) is 10.6. The van der Waals surface area contributed by atoms with E-state index in [0.29, 0.717) is 11.0 Å². The first-order valence-electron chi connectivity index (χ1n) is 3.58. The van der Waals surface area contributed by atoms with Crippen LogP contribution in [0.3, 0.4) is 0 Å². The molecule has 0 spiro atoms. The van der Waals surface area contributed by atoms with E-state index in [4.69, 9.17) is 0 Å². The monoisotopic (exact) mass is 202 g/mol. The summed E-state index contributed by atoms with van der Waals surface area (Å²) < 4.78 is 36.6. The molecule has 0 unspecified atom stereocenters. The Morgan fingerprint density at radius 1 is 1.21 bits per heavy atom. The SMILES string of the molecule is C.FC(F)(F)c1ccc2nc[nH]c2c1. The molecule has 1 aromatic carbocycles. The van der Waals surface area contributed by atoms with Gasteiger partial charge in [0.2, 0.25) is 0 Å². The fourth-order valence-electron chi connectivity index (χ4n) is 1.11. The molecule has 0 saturated carbocycles. The molecule has 0 fully saturated rings. The summed E-state index contributed by atoms with van der Waals surface area (Å²) in [6, 6.07) is 3.40. The lowest BCUT2D eigenvalue weighted by molar-refractivity contribution is -0.137. The molecule has 0 radical (unpaired) electrons. The van der Waals surface area contributed by atoms with Crippen molar-refractivity contribution in [3.05, 3.63) is 30.1 Å². The summed E-state index contributed by atoms with van der Waals surface area (Å²) >= 11 is 0. The second-order valence-corrected chi connectivity index (χ2v) is 2.63. The van der Waals surface area contributed by atoms with Crippen LogP contribution in [0.2, 0.25) is 0 Å². The summed E-state index contributed by atoms with van der Waals surface area (Å²) in [4.78, 5) is 6.44. The van der Waals surface area contributed by atoms with Gasteiger partial charge in [-0.15, -0.1) is 0 Å². The van der Waals surface area contributed by atoms with E-state index in [1.807, 2.05) is 0 Å². The predicted octanol–water partition coefficient (Wildman–Crippen LogP) is 3.22. The van der Waals surface area contributed by atoms with Gasteiger partial charge in [-0.2, -0.15) is 13.2 Å². The van der Waals surface area contributed by atoms with Crippen molar-refractivity contribution in [1.29, 1.82) is 0 Å². The molecule has 0 bridgehead atoms. The van der Waals surface area contributed by atoms with Gasteiger partial charge in [0.25, 0.3) is 0 Å². The topological polar surface area (TPSA) is 28.7 Å². The number of imidazole rings is 1. The Morgan fingerprint density at radius 2 is 1.93 bits per heavy atom. The first-order valence-corrected chi connectivity index (χ1v) is 3.58. The molecular weight excluding hydrogens is 193 g/mol. The summed E-state index contributed by atoms with van der Waals surface area (Å²) in [5.41, 5.74) is 0.270. The molecule has 2 nitrogen and oxygen atoms in total. The lowest BCUT2D eigenvalue weighted by atomic mass is 10.2. The molecule has 0 saturated heterocycles. The lowest BCUT2D eigenvalue weighted by Gasteiger charge is -2.04. The molecule has 1 aromatic heterocycles. The number of fused-ring (bicyclic) bond motifs is 1. The average Bonchev–Trinajstić information content (AvgIpc) is 2.47. The van der Waals surface area contributed by atoms with Crippen molar-refractivity contribution in [3.63, 3.8) is 0 Å². The van der Waals surface area contributed by atoms with E-state index < -0.39 is 11.7 Å². The Balaban J connectivity index is 0.000000980. The standard InChI is InChI=1S/C8H5F3N2.CH4/c9-8(10,11)5-1-2-6-7(3-5)13-4-12-6;/h1-4H,(H,12,13);1H4. The van der Waals surface area contributed by atoms with Gasteiger partial charge in [-0.3, -0.25) is 0 Å². The summed E-state index contributed by atoms with van der Waals surface area (Å²) in [6.45, 7) is 0. The number of rotatable bonds is 0. The van der Waals surface area contributed by atoms with Crippen LogP contribution in [-0.4, -0.2) is 9.97 Å². The van der Waals surface area contributed by atoms with Gasteiger partial charge < -0.3 is 4.98 Å². The van der Waals surface area contributed by atoms with Crippen molar-refractivity contribution in [3.8, 4) is 0 Å². The molecular formula is C9H9F3N2. The fraction of sp³-hybridized carbons (Fsp3) is 0.222. The number of H-pyrrole nitrogens is 1. The zero-order valence-electron chi connectivity index (χ0n) is 6.39. The van der Waals surface area contributed by atoms with Crippen LogP contribution in [0.5, 0.6) is 0 Å². The van der Waals surface area contributed by atoms with Crippen molar-refractivity contribution in [2.45, 2.75) is 13.6 Å². The van der Waals surface area contributed by atoms with Crippen LogP contribution in [0.25, 0.3) is 11.0 Å². The van der Waals surface area contributed by atoms with Gasteiger partial charge in [0.1, 0.15) is 0 Å². The lowest BCUT2D eigenvalue weighted by Crippen LogP contribution is -2.04. The molecule has 0 atom stereocenters. The third kappa shape index (κ3) is 1.71. The number of nitrogens with one attached hydrogen (secondary N) is 1. The van der Waals surface area contributed by atoms with Gasteiger partial charge in [0, 0.05) is 0 Å². The number of alkyl halides is 3. The number of hydrogen-bond acceptors (Lipinski definition) is 1. The highest BCUT2D eigenvalue weighted by Gasteiger charge is 2.30. The van der Waals surface area contributed by atoms with E-state index in [2.05, 4.69) is 9.97 Å². The number of nitrogens with zero attached hydrogens (tertiary/aromatic N) is 1. The van der Waals surface area contributed by atoms with E-state index in [-0.39, 0.29) is 7.43 Å². The predicted molar refractivity (Wildman–Crippen MR) is 47.8 cm³/mol. The highest BCUT2D eigenvalue weighted by molar-refractivity contribution is 5.75. The van der Waals surface area contributed by atoms with Crippen LogP contribution < -0.4 is 0 Å². The third-order valence-electron chi connectivity index (χ3n) is 1.75. The Bertz CT molecular complexity index is 431. The molecule has 14 heavy (non-hydrogen) atoms. The minimum atomic E-state index is -4.29. The first-order chi connectivity index (χ1) is 6.07. The summed E-state index contributed by atoms with van der Waals surface area (Å²) in [7, 11) is 0. The number of hydrogen-bond donors (Lipinski definition) is 1. The normalized spacial score (nSPS) is 11.4. The minimum absolute atomic E-state index is 0. The smallest absolute Gasteiger partial charge is 0.345 e. The highest BCUT2D eigenvalue weighted by Crippen LogP contribution is 2.30. The van der Waals surface area contributed by atoms with E-state index >= 15 is 0 Å². The minimum Gasteiger partial charge on any atom is -0.345 e. The summed E-state index contributed by atoms with van der Waals surface area (Å²) in [5, 5.41) is 0. The molecule has 0 amide bonds. The Morgan fingerprint density at radius 3 is 2.57 bits per heavy atom. The van der Waals surface area contributed by atoms with Gasteiger partial charge in [0.15, 0.2) is 0 Å². The van der Waals surface area contributed by atoms with Crippen LogP contribution in [-0.2, 0) is 6.18 Å². The van der Waals surface area contributed by atoms with Gasteiger partial charge in [-0.05, 0) is 18.2 Å². The van der Waals surface area contributed by atoms with Crippen molar-refractivity contribution >= 4 is 11.0 Å². The molecule has 1 N–H and O–H groups in total. The fourth-order valence-corrected chi connectivity index (χ4v) is 1.11. The number of benzene rings is 1. The largest absolute Gasteiger partial charge is 0.416 e. The van der Waals surface area contributed by atoms with Crippen molar-refractivity contribution < 1.29 is 13.2 Å². The van der Waals surface area contributed by atoms with Crippen molar-refractivity contribution in [2.75, 3.05) is 0 Å². The van der Waals surface area contributed by atoms with Crippen molar-refractivity contribution in [2.24, 2.45) is 0 Å². The van der Waals surface area contributed by atoms with E-state index in [1.54, 1.807) is 0 Å². The number of halogens is 3. The van der Waals surface area contributed by atoms with Gasteiger partial charge >= 0.3 is 6.18 Å². The van der Waals surface area contributed by atoms with Crippen LogP contribution in [0.4, 0.5) is 13.2 Å². The van der Waals surface area contributed by atoms with E-state index in [9.17, 15) is 13.2 Å². The maximum absolute atomic E-state index is 12.2. The van der Waals surface area contributed by atoms with Crippen LogP contribution in [0, 0.1) is 0 Å². The second-order valence-electron chi connectivity index (χ2n) is 2.63. The molecule has 0 aliphatic heterocycles. The van der Waals surface area contributed by atoms with Gasteiger partial charge in [0.05, 0.1) is 22.9 Å². The zero-order chi connectivity index (χ0) is 9.47. The highest BCUT2D eigenvalue weighted by atomic mass is 19.4. The number of aromatic nitrogens is 2. The van der Waals surface area contributed by atoms with Crippen LogP contribution in [0.15, 0.2) is 24.5 Å². The zero-order valence-corrected chi connectivity index (χ0v) is 6.39. The molecule has 0 aliphatic carbocycles. The third-order valence-corrected chi connectivity index (χ3v) is 1.75. The Kier molecular flexibility index (Phi) is 2.51. The molecule has 2 rings (SSSR count). The van der Waals surface area contributed by atoms with Crippen molar-refractivity contribution in [1.82, 2.24) is 9.97 Å². The molecule has 0 aliphatic rings. The van der Waals surface area contributed by atoms with Gasteiger partial charge in [-0.25, -0.2) is 4.98 Å². The number of aromatic amines is 1. The maximum atomic E-state index is 12.2. The van der Waals surface area contributed by atoms with E-state index in [0.717, 1.165) is 12.1 Å². The molecule has 5 heteroatoms. The van der Waals surface area contributed by atoms with Gasteiger partial charge in [-0.1, -0.05) is 7.43 Å². The van der Waals surface area contributed by atoms with Crippen LogP contribution >= 0.6 is 0 Å². The van der Waals surface area contributed by atoms with Crippen LogP contribution in [0.1, 0.15) is 13.0 Å². The molecule has 1 heterocycles.